The number of carbonyl (C=O) groups excluding carboxylic acids is 2. The second-order valence-electron chi connectivity index (χ2n) is 4.98. The summed E-state index contributed by atoms with van der Waals surface area (Å²) < 4.78 is 10.1. The number of benzene rings is 2. The second-order valence-corrected chi connectivity index (χ2v) is 4.98. The van der Waals surface area contributed by atoms with Crippen LogP contribution < -0.4 is 10.1 Å². The molecule has 5 heteroatoms. The van der Waals surface area contributed by atoms with Gasteiger partial charge in [0.25, 0.3) is 5.91 Å². The monoisotopic (exact) mass is 313 g/mol. The lowest BCUT2D eigenvalue weighted by molar-refractivity contribution is -0.124. The van der Waals surface area contributed by atoms with Crippen LogP contribution in [0.3, 0.4) is 0 Å². The van der Waals surface area contributed by atoms with E-state index in [9.17, 15) is 9.59 Å². The average Bonchev–Trinajstić information content (AvgIpc) is 2.60. The maximum atomic E-state index is 12.0. The molecule has 1 N–H and O–H groups in total. The molecule has 0 fully saturated rings. The smallest absolute Gasteiger partial charge is 0.342 e. The number of methoxy groups -OCH3 is 1. The molecule has 5 nitrogen and oxygen atoms in total. The zero-order valence-electron chi connectivity index (χ0n) is 13.1. The molecule has 0 saturated heterocycles. The van der Waals surface area contributed by atoms with Crippen molar-refractivity contribution >= 4 is 11.9 Å². The van der Waals surface area contributed by atoms with Gasteiger partial charge in [-0.3, -0.25) is 4.79 Å². The number of hydrogen-bond donors (Lipinski definition) is 1. The van der Waals surface area contributed by atoms with E-state index in [1.807, 2.05) is 37.3 Å². The highest BCUT2D eigenvalue weighted by Gasteiger charge is 2.15. The summed E-state index contributed by atoms with van der Waals surface area (Å²) >= 11 is 0. The normalized spacial score (nSPS) is 11.4. The van der Waals surface area contributed by atoms with Gasteiger partial charge in [0.15, 0.2) is 6.61 Å². The minimum absolute atomic E-state index is 0.159. The number of esters is 1. The van der Waals surface area contributed by atoms with Gasteiger partial charge in [0, 0.05) is 0 Å². The quantitative estimate of drug-likeness (QED) is 0.833. The fourth-order valence-corrected chi connectivity index (χ4v) is 2.13. The van der Waals surface area contributed by atoms with Crippen LogP contribution in [-0.2, 0) is 9.53 Å². The second kappa shape index (κ2) is 7.98. The van der Waals surface area contributed by atoms with Gasteiger partial charge in [-0.1, -0.05) is 42.5 Å². The Balaban J connectivity index is 1.88. The molecular weight excluding hydrogens is 294 g/mol. The molecular formula is C18H19NO4. The van der Waals surface area contributed by atoms with Crippen molar-refractivity contribution in [1.82, 2.24) is 5.32 Å². The van der Waals surface area contributed by atoms with Gasteiger partial charge in [-0.25, -0.2) is 4.79 Å². The molecule has 2 aromatic rings. The van der Waals surface area contributed by atoms with Crippen LogP contribution in [0, 0.1) is 0 Å². The van der Waals surface area contributed by atoms with Crippen LogP contribution in [0.2, 0.25) is 0 Å². The van der Waals surface area contributed by atoms with Crippen molar-refractivity contribution in [2.75, 3.05) is 13.7 Å². The number of nitrogens with one attached hydrogen (secondary N) is 1. The number of amides is 1. The Bertz CT molecular complexity index is 670. The number of rotatable bonds is 6. The third-order valence-electron chi connectivity index (χ3n) is 3.34. The molecule has 1 atom stereocenters. The lowest BCUT2D eigenvalue weighted by Crippen LogP contribution is -2.31. The minimum atomic E-state index is -0.593. The lowest BCUT2D eigenvalue weighted by Gasteiger charge is -2.14. The van der Waals surface area contributed by atoms with Crippen LogP contribution in [0.25, 0.3) is 0 Å². The first-order valence-electron chi connectivity index (χ1n) is 7.26. The van der Waals surface area contributed by atoms with Gasteiger partial charge in [-0.15, -0.1) is 0 Å². The first kappa shape index (κ1) is 16.5. The van der Waals surface area contributed by atoms with Crippen molar-refractivity contribution in [2.45, 2.75) is 13.0 Å². The maximum Gasteiger partial charge on any atom is 0.342 e. The molecule has 0 bridgehead atoms. The molecule has 120 valence electrons. The summed E-state index contributed by atoms with van der Waals surface area (Å²) in [6.07, 6.45) is 0. The Morgan fingerprint density at radius 1 is 1.04 bits per heavy atom. The topological polar surface area (TPSA) is 64.6 Å². The molecule has 0 saturated carbocycles. The van der Waals surface area contributed by atoms with Gasteiger partial charge in [-0.05, 0) is 24.6 Å². The standard InChI is InChI=1S/C18H19NO4/c1-13(14-8-4-3-5-9-14)19-17(20)12-23-18(21)15-10-6-7-11-16(15)22-2/h3-11,13H,12H2,1-2H3,(H,19,20)/t13-/m1/s1. The van der Waals surface area contributed by atoms with Crippen molar-refractivity contribution in [1.29, 1.82) is 0 Å². The molecule has 0 heterocycles. The summed E-state index contributed by atoms with van der Waals surface area (Å²) in [6.45, 7) is 1.53. The number of para-hydroxylation sites is 1. The van der Waals surface area contributed by atoms with E-state index in [0.29, 0.717) is 11.3 Å². The van der Waals surface area contributed by atoms with Gasteiger partial charge in [-0.2, -0.15) is 0 Å². The summed E-state index contributed by atoms with van der Waals surface area (Å²) in [7, 11) is 1.47. The fraction of sp³-hybridized carbons (Fsp3) is 0.222. The van der Waals surface area contributed by atoms with E-state index in [1.165, 1.54) is 7.11 Å². The molecule has 2 rings (SSSR count). The Morgan fingerprint density at radius 2 is 1.70 bits per heavy atom. The molecule has 1 amide bonds. The molecule has 0 unspecified atom stereocenters. The summed E-state index contributed by atoms with van der Waals surface area (Å²) in [5.41, 5.74) is 1.27. The molecule has 23 heavy (non-hydrogen) atoms. The fourth-order valence-electron chi connectivity index (χ4n) is 2.13. The highest BCUT2D eigenvalue weighted by Crippen LogP contribution is 2.18. The van der Waals surface area contributed by atoms with Crippen LogP contribution >= 0.6 is 0 Å². The van der Waals surface area contributed by atoms with Crippen molar-refractivity contribution < 1.29 is 19.1 Å². The minimum Gasteiger partial charge on any atom is -0.496 e. The van der Waals surface area contributed by atoms with E-state index in [4.69, 9.17) is 9.47 Å². The third kappa shape index (κ3) is 4.57. The van der Waals surface area contributed by atoms with E-state index >= 15 is 0 Å². The third-order valence-corrected chi connectivity index (χ3v) is 3.34. The highest BCUT2D eigenvalue weighted by atomic mass is 16.5. The summed E-state index contributed by atoms with van der Waals surface area (Å²) in [6, 6.07) is 16.1. The van der Waals surface area contributed by atoms with E-state index in [0.717, 1.165) is 5.56 Å². The molecule has 0 radical (unpaired) electrons. The van der Waals surface area contributed by atoms with Gasteiger partial charge in [0.1, 0.15) is 11.3 Å². The Hall–Kier alpha value is -2.82. The summed E-state index contributed by atoms with van der Waals surface area (Å²) in [5.74, 6) is -0.537. The molecule has 0 spiro atoms. The van der Waals surface area contributed by atoms with E-state index < -0.39 is 5.97 Å². The van der Waals surface area contributed by atoms with Gasteiger partial charge >= 0.3 is 5.97 Å². The average molecular weight is 313 g/mol. The number of ether oxygens (including phenoxy) is 2. The lowest BCUT2D eigenvalue weighted by atomic mass is 10.1. The van der Waals surface area contributed by atoms with Crippen LogP contribution in [0.5, 0.6) is 5.75 Å². The molecule has 2 aromatic carbocycles. The van der Waals surface area contributed by atoms with Gasteiger partial charge < -0.3 is 14.8 Å². The van der Waals surface area contributed by atoms with Crippen LogP contribution in [0.4, 0.5) is 0 Å². The van der Waals surface area contributed by atoms with Crippen molar-refractivity contribution in [3.05, 3.63) is 65.7 Å². The molecule has 0 aromatic heterocycles. The van der Waals surface area contributed by atoms with Gasteiger partial charge in [0.05, 0.1) is 13.2 Å². The van der Waals surface area contributed by atoms with Crippen molar-refractivity contribution in [2.24, 2.45) is 0 Å². The Kier molecular flexibility index (Phi) is 5.74. The van der Waals surface area contributed by atoms with E-state index in [2.05, 4.69) is 5.32 Å². The van der Waals surface area contributed by atoms with E-state index in [-0.39, 0.29) is 18.6 Å². The van der Waals surface area contributed by atoms with Crippen LogP contribution in [0.1, 0.15) is 28.9 Å². The predicted octanol–water partition coefficient (Wildman–Crippen LogP) is 2.73. The zero-order valence-corrected chi connectivity index (χ0v) is 13.1. The number of carbonyl (C=O) groups is 2. The predicted molar refractivity (Wildman–Crippen MR) is 86.3 cm³/mol. The summed E-state index contributed by atoms with van der Waals surface area (Å²) in [5, 5.41) is 2.78. The first-order valence-corrected chi connectivity index (χ1v) is 7.26. The largest absolute Gasteiger partial charge is 0.496 e. The van der Waals surface area contributed by atoms with E-state index in [1.54, 1.807) is 24.3 Å². The van der Waals surface area contributed by atoms with Crippen molar-refractivity contribution in [3.63, 3.8) is 0 Å². The Morgan fingerprint density at radius 3 is 2.39 bits per heavy atom. The maximum absolute atomic E-state index is 12.0. The van der Waals surface area contributed by atoms with Gasteiger partial charge in [0.2, 0.25) is 0 Å². The van der Waals surface area contributed by atoms with Crippen LogP contribution in [0.15, 0.2) is 54.6 Å². The van der Waals surface area contributed by atoms with Crippen molar-refractivity contribution in [3.8, 4) is 5.75 Å². The van der Waals surface area contributed by atoms with Crippen LogP contribution in [-0.4, -0.2) is 25.6 Å². The highest BCUT2D eigenvalue weighted by molar-refractivity contribution is 5.94. The molecule has 0 aliphatic carbocycles. The molecule has 0 aliphatic heterocycles. The molecule has 0 aliphatic rings. The number of hydrogen-bond acceptors (Lipinski definition) is 4. The zero-order chi connectivity index (χ0) is 16.7. The summed E-state index contributed by atoms with van der Waals surface area (Å²) in [4.78, 5) is 23.9. The SMILES string of the molecule is COc1ccccc1C(=O)OCC(=O)N[C@H](C)c1ccccc1. The first-order chi connectivity index (χ1) is 11.1. The Labute approximate surface area is 135 Å².